The van der Waals surface area contributed by atoms with E-state index in [4.69, 9.17) is 5.11 Å². The van der Waals surface area contributed by atoms with Gasteiger partial charge in [0.25, 0.3) is 0 Å². The van der Waals surface area contributed by atoms with Crippen LogP contribution in [0.1, 0.15) is 13.3 Å². The summed E-state index contributed by atoms with van der Waals surface area (Å²) in [6, 6.07) is 0. The summed E-state index contributed by atoms with van der Waals surface area (Å²) in [5, 5.41) is 8.61. The number of aldehydes is 1. The monoisotopic (exact) mass is 114 g/mol. The molecular weight excluding hydrogens is 104 g/mol. The zero-order chi connectivity index (χ0) is 6.41. The van der Waals surface area contributed by atoms with Crippen LogP contribution in [0.4, 0.5) is 0 Å². The molecule has 0 aliphatic rings. The summed E-state index contributed by atoms with van der Waals surface area (Å²) >= 11 is 0. The number of allylic oxidation sites excluding steroid dienone is 1. The number of hydrogen-bond acceptors (Lipinski definition) is 2. The van der Waals surface area contributed by atoms with Crippen LogP contribution in [0, 0.1) is 0 Å². The Morgan fingerprint density at radius 2 is 2.38 bits per heavy atom. The molecule has 0 fully saturated rings. The Balaban J connectivity index is 3.15. The molecule has 0 aromatic carbocycles. The van der Waals surface area contributed by atoms with Gasteiger partial charge in [0.2, 0.25) is 0 Å². The minimum absolute atomic E-state index is 0.341. The molecule has 0 bridgehead atoms. The van der Waals surface area contributed by atoms with Crippen molar-refractivity contribution in [1.82, 2.24) is 0 Å². The smallest absolute Gasteiger partial charge is 0.142 e. The molecule has 0 unspecified atom stereocenters. The molecule has 0 saturated heterocycles. The lowest BCUT2D eigenvalue weighted by Gasteiger charge is -1.93. The van der Waals surface area contributed by atoms with Gasteiger partial charge in [-0.1, -0.05) is 6.08 Å². The van der Waals surface area contributed by atoms with Gasteiger partial charge in [-0.05, 0) is 19.4 Å². The van der Waals surface area contributed by atoms with Gasteiger partial charge >= 0.3 is 0 Å². The highest BCUT2D eigenvalue weighted by Gasteiger charge is 1.86. The Bertz CT molecular complexity index is 84.5. The third-order valence-corrected chi connectivity index (χ3v) is 0.692. The summed E-state index contributed by atoms with van der Waals surface area (Å²) in [7, 11) is 0. The van der Waals surface area contributed by atoms with Crippen molar-refractivity contribution in [2.45, 2.75) is 19.4 Å². The quantitative estimate of drug-likeness (QED) is 0.429. The van der Waals surface area contributed by atoms with Gasteiger partial charge in [0.05, 0.1) is 6.10 Å². The average Bonchev–Trinajstić information content (AvgIpc) is 1.66. The number of aliphatic hydroxyl groups is 1. The maximum absolute atomic E-state index is 9.62. The molecule has 2 heteroatoms. The molecule has 46 valence electrons. The zero-order valence-corrected chi connectivity index (χ0v) is 4.87. The van der Waals surface area contributed by atoms with E-state index in [2.05, 4.69) is 0 Å². The first-order valence-corrected chi connectivity index (χ1v) is 2.55. The number of carbonyl (C=O) groups excluding carboxylic acids is 1. The molecule has 0 aliphatic carbocycles. The minimum Gasteiger partial charge on any atom is -0.393 e. The van der Waals surface area contributed by atoms with E-state index in [1.54, 1.807) is 13.0 Å². The number of rotatable bonds is 3. The third-order valence-electron chi connectivity index (χ3n) is 0.692. The van der Waals surface area contributed by atoms with Crippen molar-refractivity contribution in [1.29, 1.82) is 0 Å². The fraction of sp³-hybridized carbons (Fsp3) is 0.500. The maximum Gasteiger partial charge on any atom is 0.142 e. The van der Waals surface area contributed by atoms with Gasteiger partial charge in [-0.2, -0.15) is 0 Å². The number of aliphatic hydroxyl groups excluding tert-OH is 1. The lowest BCUT2D eigenvalue weighted by molar-refractivity contribution is -0.104. The lowest BCUT2D eigenvalue weighted by atomic mass is 10.3. The highest BCUT2D eigenvalue weighted by atomic mass is 16.3. The standard InChI is InChI=1S/C6H10O2/c1-6(8)4-2-3-5-7/h2-3,5-6,8H,4H2,1H3/t6-/m1/s1. The maximum atomic E-state index is 9.62. The summed E-state index contributed by atoms with van der Waals surface area (Å²) in [6.07, 6.45) is 3.93. The predicted molar refractivity (Wildman–Crippen MR) is 31.5 cm³/mol. The molecule has 0 radical (unpaired) electrons. The molecule has 2 nitrogen and oxygen atoms in total. The van der Waals surface area contributed by atoms with E-state index < -0.39 is 0 Å². The van der Waals surface area contributed by atoms with Gasteiger partial charge in [0.15, 0.2) is 0 Å². The van der Waals surface area contributed by atoms with E-state index in [1.165, 1.54) is 6.08 Å². The van der Waals surface area contributed by atoms with E-state index in [0.29, 0.717) is 12.7 Å². The number of carbonyl (C=O) groups is 1. The topological polar surface area (TPSA) is 37.3 Å². The summed E-state index contributed by atoms with van der Waals surface area (Å²) in [6.45, 7) is 1.68. The molecule has 0 heterocycles. The second-order valence-electron chi connectivity index (χ2n) is 1.65. The molecular formula is C6H10O2. The minimum atomic E-state index is -0.341. The van der Waals surface area contributed by atoms with Gasteiger partial charge in [-0.15, -0.1) is 0 Å². The molecule has 0 aromatic heterocycles. The Hall–Kier alpha value is -0.630. The average molecular weight is 114 g/mol. The second-order valence-corrected chi connectivity index (χ2v) is 1.65. The lowest BCUT2D eigenvalue weighted by Crippen LogP contribution is -1.95. The van der Waals surface area contributed by atoms with Crippen molar-refractivity contribution in [3.05, 3.63) is 12.2 Å². The van der Waals surface area contributed by atoms with Crippen molar-refractivity contribution in [2.24, 2.45) is 0 Å². The summed E-state index contributed by atoms with van der Waals surface area (Å²) < 4.78 is 0. The Morgan fingerprint density at radius 3 is 2.75 bits per heavy atom. The largest absolute Gasteiger partial charge is 0.393 e. The molecule has 0 saturated carbocycles. The van der Waals surface area contributed by atoms with Crippen LogP contribution in [-0.4, -0.2) is 17.5 Å². The van der Waals surface area contributed by atoms with Crippen molar-refractivity contribution < 1.29 is 9.90 Å². The van der Waals surface area contributed by atoms with Gasteiger partial charge in [-0.3, -0.25) is 4.79 Å². The Morgan fingerprint density at radius 1 is 1.75 bits per heavy atom. The van der Waals surface area contributed by atoms with Crippen LogP contribution in [0.25, 0.3) is 0 Å². The van der Waals surface area contributed by atoms with Crippen LogP contribution in [0.5, 0.6) is 0 Å². The van der Waals surface area contributed by atoms with Gasteiger partial charge in [0.1, 0.15) is 6.29 Å². The molecule has 0 rings (SSSR count). The molecule has 1 N–H and O–H groups in total. The van der Waals surface area contributed by atoms with Crippen LogP contribution >= 0.6 is 0 Å². The summed E-state index contributed by atoms with van der Waals surface area (Å²) in [5.41, 5.74) is 0. The summed E-state index contributed by atoms with van der Waals surface area (Å²) in [4.78, 5) is 9.62. The highest BCUT2D eigenvalue weighted by molar-refractivity contribution is 5.64. The molecule has 8 heavy (non-hydrogen) atoms. The first kappa shape index (κ1) is 7.37. The third kappa shape index (κ3) is 5.37. The number of hydrogen-bond donors (Lipinski definition) is 1. The molecule has 1 atom stereocenters. The normalized spacial score (nSPS) is 14.2. The first-order chi connectivity index (χ1) is 3.77. The van der Waals surface area contributed by atoms with E-state index in [-0.39, 0.29) is 6.10 Å². The zero-order valence-electron chi connectivity index (χ0n) is 4.87. The van der Waals surface area contributed by atoms with Crippen molar-refractivity contribution >= 4 is 6.29 Å². The molecule has 0 amide bonds. The van der Waals surface area contributed by atoms with Gasteiger partial charge < -0.3 is 5.11 Å². The highest BCUT2D eigenvalue weighted by Crippen LogP contribution is 1.88. The molecule has 0 aromatic rings. The Labute approximate surface area is 48.8 Å². The van der Waals surface area contributed by atoms with Crippen LogP contribution < -0.4 is 0 Å². The fourth-order valence-corrected chi connectivity index (χ4v) is 0.331. The fourth-order valence-electron chi connectivity index (χ4n) is 0.331. The van der Waals surface area contributed by atoms with Gasteiger partial charge in [-0.25, -0.2) is 0 Å². The predicted octanol–water partition coefficient (Wildman–Crippen LogP) is 0.512. The van der Waals surface area contributed by atoms with Crippen molar-refractivity contribution in [3.8, 4) is 0 Å². The van der Waals surface area contributed by atoms with E-state index >= 15 is 0 Å². The van der Waals surface area contributed by atoms with Crippen molar-refractivity contribution in [3.63, 3.8) is 0 Å². The SMILES string of the molecule is C[C@@H](O)CC=CC=O. The van der Waals surface area contributed by atoms with E-state index in [0.717, 1.165) is 0 Å². The second kappa shape index (κ2) is 4.53. The molecule has 0 aliphatic heterocycles. The van der Waals surface area contributed by atoms with Crippen molar-refractivity contribution in [2.75, 3.05) is 0 Å². The van der Waals surface area contributed by atoms with E-state index in [1.807, 2.05) is 0 Å². The van der Waals surface area contributed by atoms with Crippen LogP contribution in [-0.2, 0) is 4.79 Å². The molecule has 0 spiro atoms. The summed E-state index contributed by atoms with van der Waals surface area (Å²) in [5.74, 6) is 0. The Kier molecular flexibility index (Phi) is 4.17. The van der Waals surface area contributed by atoms with Gasteiger partial charge in [0, 0.05) is 0 Å². The van der Waals surface area contributed by atoms with Crippen LogP contribution in [0.15, 0.2) is 12.2 Å². The van der Waals surface area contributed by atoms with Crippen LogP contribution in [0.2, 0.25) is 0 Å². The first-order valence-electron chi connectivity index (χ1n) is 2.55. The van der Waals surface area contributed by atoms with Crippen LogP contribution in [0.3, 0.4) is 0 Å². The van der Waals surface area contributed by atoms with E-state index in [9.17, 15) is 4.79 Å².